The van der Waals surface area contributed by atoms with Gasteiger partial charge in [0.2, 0.25) is 0 Å². The fourth-order valence-electron chi connectivity index (χ4n) is 2.36. The zero-order valence-electron chi connectivity index (χ0n) is 10.4. The first-order valence-electron chi connectivity index (χ1n) is 6.11. The molecule has 0 fully saturated rings. The van der Waals surface area contributed by atoms with E-state index < -0.39 is 0 Å². The zero-order chi connectivity index (χ0) is 14.3. The van der Waals surface area contributed by atoms with Crippen molar-refractivity contribution in [3.05, 3.63) is 66.6 Å². The van der Waals surface area contributed by atoms with Crippen molar-refractivity contribution in [3.63, 3.8) is 0 Å². The number of allylic oxidation sites excluding steroid dienone is 2. The molecule has 0 amide bonds. The van der Waals surface area contributed by atoms with E-state index in [1.165, 1.54) is 11.1 Å². The van der Waals surface area contributed by atoms with E-state index >= 15 is 0 Å². The lowest BCUT2D eigenvalue weighted by Crippen LogP contribution is -1.90. The van der Waals surface area contributed by atoms with E-state index in [0.717, 1.165) is 10.5 Å². The molecule has 0 saturated carbocycles. The topological polar surface area (TPSA) is 0 Å². The Morgan fingerprint density at radius 3 is 1.80 bits per heavy atom. The molecule has 2 aromatic carbocycles. The van der Waals surface area contributed by atoms with Gasteiger partial charge in [-0.3, -0.25) is 0 Å². The van der Waals surface area contributed by atoms with Gasteiger partial charge in [0.25, 0.3) is 0 Å². The third-order valence-electron chi connectivity index (χ3n) is 3.42. The minimum atomic E-state index is 0.0702. The lowest BCUT2D eigenvalue weighted by atomic mass is 10.0. The van der Waals surface area contributed by atoms with Crippen molar-refractivity contribution in [1.82, 2.24) is 0 Å². The van der Waals surface area contributed by atoms with Crippen molar-refractivity contribution in [2.45, 2.75) is 10.8 Å². The molecule has 0 aliphatic heterocycles. The summed E-state index contributed by atoms with van der Waals surface area (Å²) in [6.07, 6.45) is 8.47. The maximum absolute atomic E-state index is 5.43. The zero-order valence-corrected chi connectivity index (χ0v) is 13.7. The van der Waals surface area contributed by atoms with Crippen LogP contribution in [0.3, 0.4) is 0 Å². The summed E-state index contributed by atoms with van der Waals surface area (Å²) in [5.74, 6) is 0.0702. The Morgan fingerprint density at radius 1 is 0.800 bits per heavy atom. The van der Waals surface area contributed by atoms with Gasteiger partial charge in [0.05, 0.1) is 13.5 Å². The Labute approximate surface area is 138 Å². The Hall–Kier alpha value is -0.940. The molecule has 0 saturated heterocycles. The molecular weight excluding hydrogens is 320 g/mol. The highest BCUT2D eigenvalue weighted by atomic mass is 32.1. The maximum atomic E-state index is 5.43. The largest absolute Gasteiger partial charge is 0.142 e. The number of fused-ring (bicyclic) bond motifs is 1. The van der Waals surface area contributed by atoms with Crippen LogP contribution in [0.5, 0.6) is 0 Å². The van der Waals surface area contributed by atoms with Crippen LogP contribution in [0.4, 0.5) is 0 Å². The number of hydrogen-bond donors (Lipinski definition) is 1. The van der Waals surface area contributed by atoms with Crippen LogP contribution in [-0.4, -0.2) is 0 Å². The molecular formula is C16H10S4. The van der Waals surface area contributed by atoms with Crippen LogP contribution in [-0.2, 0) is 0 Å². The van der Waals surface area contributed by atoms with E-state index in [1.54, 1.807) is 0 Å². The standard InChI is InChI=1S/C16H10S4/c17-13-12(14(18)16(20)15(13)19)11-7-5-9-3-1-2-4-10(9)6-8-11/h1-8,11,17H. The summed E-state index contributed by atoms with van der Waals surface area (Å²) in [5, 5.41) is 0. The Kier molecular flexibility index (Phi) is 3.82. The van der Waals surface area contributed by atoms with Crippen molar-refractivity contribution < 1.29 is 0 Å². The number of hydrogen-bond acceptors (Lipinski definition) is 4. The molecule has 2 aromatic rings. The van der Waals surface area contributed by atoms with Gasteiger partial charge in [-0.05, 0) is 16.7 Å². The highest BCUT2D eigenvalue weighted by molar-refractivity contribution is 7.81. The van der Waals surface area contributed by atoms with Crippen molar-refractivity contribution in [2.24, 2.45) is 0 Å². The van der Waals surface area contributed by atoms with Gasteiger partial charge in [0, 0.05) is 10.8 Å². The summed E-state index contributed by atoms with van der Waals surface area (Å²) < 4.78 is 1.85. The number of thiol groups is 1. The van der Waals surface area contributed by atoms with Crippen LogP contribution in [0.15, 0.2) is 41.3 Å². The van der Waals surface area contributed by atoms with Crippen molar-refractivity contribution in [1.29, 1.82) is 0 Å². The molecule has 20 heavy (non-hydrogen) atoms. The van der Waals surface area contributed by atoms with Gasteiger partial charge in [0.15, 0.2) is 0 Å². The van der Waals surface area contributed by atoms with Gasteiger partial charge in [-0.1, -0.05) is 85.2 Å². The molecule has 0 nitrogen and oxygen atoms in total. The molecule has 4 heteroatoms. The van der Waals surface area contributed by atoms with Gasteiger partial charge in [-0.2, -0.15) is 0 Å². The minimum Gasteiger partial charge on any atom is -0.142 e. The molecule has 0 atom stereocenters. The predicted octanol–water partition coefficient (Wildman–Crippen LogP) is 5.86. The maximum Gasteiger partial charge on any atom is 0.0753 e. The number of rotatable bonds is 1. The number of benzene rings is 1. The molecule has 0 spiro atoms. The Morgan fingerprint density at radius 2 is 1.35 bits per heavy atom. The fraction of sp³-hybridized carbons (Fsp3) is 0.0625. The second-order valence-electron chi connectivity index (χ2n) is 4.62. The average molecular weight is 331 g/mol. The van der Waals surface area contributed by atoms with Crippen LogP contribution in [0, 0.1) is 13.5 Å². The minimum absolute atomic E-state index is 0.0702. The molecule has 0 bridgehead atoms. The molecule has 0 N–H and O–H groups in total. The predicted molar refractivity (Wildman–Crippen MR) is 95.8 cm³/mol. The van der Waals surface area contributed by atoms with Crippen molar-refractivity contribution >= 4 is 61.4 Å². The molecule has 98 valence electrons. The van der Waals surface area contributed by atoms with Crippen molar-refractivity contribution in [2.75, 3.05) is 0 Å². The molecule has 0 unspecified atom stereocenters. The fourth-order valence-corrected chi connectivity index (χ4v) is 3.71. The highest BCUT2D eigenvalue weighted by Gasteiger charge is 2.16. The van der Waals surface area contributed by atoms with Gasteiger partial charge < -0.3 is 0 Å². The summed E-state index contributed by atoms with van der Waals surface area (Å²) >= 11 is 20.5. The molecule has 3 rings (SSSR count). The third kappa shape index (κ3) is 2.27. The Bertz CT molecular complexity index is 847. The normalized spacial score (nSPS) is 14.2. The van der Waals surface area contributed by atoms with Crippen LogP contribution in [0.2, 0.25) is 0 Å². The second-order valence-corrected chi connectivity index (χ2v) is 6.29. The average Bonchev–Trinajstić information content (AvgIpc) is 2.65. The van der Waals surface area contributed by atoms with E-state index in [1.807, 2.05) is 12.1 Å². The van der Waals surface area contributed by atoms with Gasteiger partial charge in [-0.15, -0.1) is 12.6 Å². The summed E-state index contributed by atoms with van der Waals surface area (Å²) in [6.45, 7) is 0. The SMILES string of the molecule is S=c1c(S)c(C2C=Cc3ccccc3C=C2)c(=S)c1=S. The van der Waals surface area contributed by atoms with Gasteiger partial charge >= 0.3 is 0 Å². The van der Waals surface area contributed by atoms with Crippen LogP contribution >= 0.6 is 49.3 Å². The van der Waals surface area contributed by atoms with E-state index in [2.05, 4.69) is 49.1 Å². The van der Waals surface area contributed by atoms with Gasteiger partial charge in [-0.25, -0.2) is 0 Å². The highest BCUT2D eigenvalue weighted by Crippen LogP contribution is 2.33. The molecule has 0 heterocycles. The first-order chi connectivity index (χ1) is 9.59. The summed E-state index contributed by atoms with van der Waals surface area (Å²) in [5.41, 5.74) is 3.35. The van der Waals surface area contributed by atoms with E-state index in [-0.39, 0.29) is 5.92 Å². The molecule has 0 aromatic heterocycles. The lowest BCUT2D eigenvalue weighted by molar-refractivity contribution is 1.06. The monoisotopic (exact) mass is 330 g/mol. The molecule has 0 radical (unpaired) electrons. The van der Waals surface area contributed by atoms with Crippen molar-refractivity contribution in [3.8, 4) is 0 Å². The van der Waals surface area contributed by atoms with E-state index in [4.69, 9.17) is 36.7 Å². The Balaban J connectivity index is 2.16. The summed E-state index contributed by atoms with van der Waals surface area (Å²) in [4.78, 5) is 0.750. The first-order valence-corrected chi connectivity index (χ1v) is 7.78. The quantitative estimate of drug-likeness (QED) is 0.514. The third-order valence-corrected chi connectivity index (χ3v) is 5.54. The lowest BCUT2D eigenvalue weighted by Gasteiger charge is -2.06. The van der Waals surface area contributed by atoms with Crippen LogP contribution in [0.1, 0.15) is 22.6 Å². The summed E-state index contributed by atoms with van der Waals surface area (Å²) in [6, 6.07) is 8.25. The molecule has 1 aliphatic carbocycles. The smallest absolute Gasteiger partial charge is 0.0753 e. The second kappa shape index (κ2) is 5.45. The van der Waals surface area contributed by atoms with E-state index in [0.29, 0.717) is 13.5 Å². The van der Waals surface area contributed by atoms with E-state index in [9.17, 15) is 0 Å². The van der Waals surface area contributed by atoms with Gasteiger partial charge in [0.1, 0.15) is 0 Å². The first kappa shape index (κ1) is 14.0. The summed E-state index contributed by atoms with van der Waals surface area (Å²) in [7, 11) is 0. The van der Waals surface area contributed by atoms with Crippen LogP contribution in [0.25, 0.3) is 12.2 Å². The van der Waals surface area contributed by atoms with Crippen LogP contribution < -0.4 is 0 Å². The molecule has 1 aliphatic rings.